The second kappa shape index (κ2) is 4.54. The molecular formula is C10H8FN4O-. The molecule has 5 nitrogen and oxygen atoms in total. The molecular weight excluding hydrogens is 211 g/mol. The van der Waals surface area contributed by atoms with E-state index in [1.165, 1.54) is 30.6 Å². The van der Waals surface area contributed by atoms with Crippen molar-refractivity contribution in [1.82, 2.24) is 9.97 Å². The Labute approximate surface area is 90.9 Å². The van der Waals surface area contributed by atoms with Crippen LogP contribution in [0.1, 0.15) is 0 Å². The molecule has 2 heterocycles. The van der Waals surface area contributed by atoms with Crippen molar-refractivity contribution in [1.29, 1.82) is 0 Å². The molecule has 0 spiro atoms. The van der Waals surface area contributed by atoms with Gasteiger partial charge in [0.05, 0.1) is 0 Å². The van der Waals surface area contributed by atoms with Gasteiger partial charge in [-0.2, -0.15) is 4.39 Å². The molecule has 16 heavy (non-hydrogen) atoms. The summed E-state index contributed by atoms with van der Waals surface area (Å²) in [6, 6.07) is 5.89. The molecule has 0 atom stereocenters. The predicted octanol–water partition coefficient (Wildman–Crippen LogP) is 2.27. The molecule has 0 saturated carbocycles. The van der Waals surface area contributed by atoms with Gasteiger partial charge in [0, 0.05) is 35.9 Å². The second-order valence-electron chi connectivity index (χ2n) is 3.02. The first-order valence-corrected chi connectivity index (χ1v) is 4.51. The summed E-state index contributed by atoms with van der Waals surface area (Å²) in [6.07, 6.45) is 2.81. The van der Waals surface area contributed by atoms with E-state index in [-0.39, 0.29) is 0 Å². The lowest BCUT2D eigenvalue weighted by molar-refractivity contribution is 0.584. The molecule has 0 saturated heterocycles. The van der Waals surface area contributed by atoms with Gasteiger partial charge in [0.2, 0.25) is 5.95 Å². The minimum atomic E-state index is -0.580. The molecule has 0 bridgehead atoms. The first-order chi connectivity index (χ1) is 7.78. The Hall–Kier alpha value is -2.21. The molecule has 0 aliphatic rings. The second-order valence-corrected chi connectivity index (χ2v) is 3.02. The third kappa shape index (κ3) is 2.43. The van der Waals surface area contributed by atoms with Crippen LogP contribution in [-0.4, -0.2) is 9.97 Å². The molecule has 6 heteroatoms. The average molecular weight is 219 g/mol. The molecule has 2 N–H and O–H groups in total. The first-order valence-electron chi connectivity index (χ1n) is 4.51. The fourth-order valence-electron chi connectivity index (χ4n) is 1.19. The van der Waals surface area contributed by atoms with Crippen LogP contribution in [0.2, 0.25) is 0 Å². The van der Waals surface area contributed by atoms with E-state index < -0.39 is 5.95 Å². The lowest BCUT2D eigenvalue weighted by Gasteiger charge is -2.11. The molecule has 0 aliphatic heterocycles. The highest BCUT2D eigenvalue weighted by atomic mass is 19.1. The topological polar surface area (TPSA) is 72.9 Å². The van der Waals surface area contributed by atoms with E-state index >= 15 is 0 Å². The Morgan fingerprint density at radius 3 is 2.56 bits per heavy atom. The molecule has 0 aliphatic carbocycles. The summed E-state index contributed by atoms with van der Waals surface area (Å²) in [7, 11) is 0. The molecule has 0 radical (unpaired) electrons. The lowest BCUT2D eigenvalue weighted by Crippen LogP contribution is -1.95. The van der Waals surface area contributed by atoms with Gasteiger partial charge in [0.15, 0.2) is 0 Å². The van der Waals surface area contributed by atoms with E-state index in [2.05, 4.69) is 15.3 Å². The van der Waals surface area contributed by atoms with Crippen LogP contribution in [0.4, 0.5) is 21.6 Å². The van der Waals surface area contributed by atoms with Crippen molar-refractivity contribution in [3.05, 3.63) is 47.8 Å². The molecule has 2 aromatic heterocycles. The monoisotopic (exact) mass is 219 g/mol. The summed E-state index contributed by atoms with van der Waals surface area (Å²) in [6.45, 7) is 0. The summed E-state index contributed by atoms with van der Waals surface area (Å²) < 4.78 is 12.8. The summed E-state index contributed by atoms with van der Waals surface area (Å²) in [5.74, 6) is -0.130. The van der Waals surface area contributed by atoms with E-state index in [1.807, 2.05) is 0 Å². The zero-order chi connectivity index (χ0) is 11.4. The summed E-state index contributed by atoms with van der Waals surface area (Å²) in [5, 5.41) is 13.3. The van der Waals surface area contributed by atoms with Gasteiger partial charge in [0.25, 0.3) is 0 Å². The average Bonchev–Trinajstić information content (AvgIpc) is 2.29. The van der Waals surface area contributed by atoms with Gasteiger partial charge in [0.1, 0.15) is 5.82 Å². The standard InChI is InChI=1S/C10H8FN4O/c11-9-5-7(1-3-12-9)14-10-6-8(15-16)2-4-13-10/h1-6H,(H2-,12,13,14,15,16)/q-1. The van der Waals surface area contributed by atoms with Crippen LogP contribution in [0.5, 0.6) is 0 Å². The number of nitrogens with zero attached hydrogens (tertiary/aromatic N) is 2. The predicted molar refractivity (Wildman–Crippen MR) is 58.7 cm³/mol. The maximum atomic E-state index is 12.8. The zero-order valence-corrected chi connectivity index (χ0v) is 8.14. The van der Waals surface area contributed by atoms with Crippen molar-refractivity contribution in [2.24, 2.45) is 0 Å². The van der Waals surface area contributed by atoms with E-state index in [0.717, 1.165) is 0 Å². The molecule has 0 aromatic carbocycles. The maximum Gasteiger partial charge on any atom is 0.214 e. The van der Waals surface area contributed by atoms with Crippen molar-refractivity contribution in [2.75, 3.05) is 10.8 Å². The number of aromatic nitrogens is 2. The van der Waals surface area contributed by atoms with Crippen molar-refractivity contribution >= 4 is 17.2 Å². The number of hydrogen-bond donors (Lipinski definition) is 2. The van der Waals surface area contributed by atoms with Crippen LogP contribution in [0.25, 0.3) is 0 Å². The van der Waals surface area contributed by atoms with E-state index in [1.54, 1.807) is 11.5 Å². The molecule has 2 rings (SSSR count). The summed E-state index contributed by atoms with van der Waals surface area (Å²) in [5.41, 5.74) is 2.65. The van der Waals surface area contributed by atoms with Crippen LogP contribution >= 0.6 is 0 Å². The van der Waals surface area contributed by atoms with Crippen LogP contribution in [0, 0.1) is 11.2 Å². The van der Waals surface area contributed by atoms with Crippen molar-refractivity contribution < 1.29 is 4.39 Å². The van der Waals surface area contributed by atoms with Crippen LogP contribution in [-0.2, 0) is 0 Å². The molecule has 0 fully saturated rings. The van der Waals surface area contributed by atoms with Gasteiger partial charge in [-0.25, -0.2) is 9.97 Å². The number of pyridine rings is 2. The van der Waals surface area contributed by atoms with Crippen LogP contribution < -0.4 is 10.8 Å². The fraction of sp³-hybridized carbons (Fsp3) is 0. The molecule has 0 amide bonds. The Bertz CT molecular complexity index is 492. The number of anilines is 3. The fourth-order valence-corrected chi connectivity index (χ4v) is 1.19. The third-order valence-electron chi connectivity index (χ3n) is 1.88. The van der Waals surface area contributed by atoms with Crippen molar-refractivity contribution in [3.8, 4) is 0 Å². The summed E-state index contributed by atoms with van der Waals surface area (Å²) in [4.78, 5) is 7.41. The summed E-state index contributed by atoms with van der Waals surface area (Å²) >= 11 is 0. The van der Waals surface area contributed by atoms with E-state index in [0.29, 0.717) is 17.2 Å². The normalized spacial score (nSPS) is 9.88. The van der Waals surface area contributed by atoms with Crippen LogP contribution in [0.3, 0.4) is 0 Å². The number of halogens is 1. The lowest BCUT2D eigenvalue weighted by atomic mass is 10.3. The SMILES string of the molecule is [O-]Nc1ccnc(Nc2ccnc(F)c2)c1. The van der Waals surface area contributed by atoms with Gasteiger partial charge < -0.3 is 16.0 Å². The Morgan fingerprint density at radius 2 is 1.81 bits per heavy atom. The smallest absolute Gasteiger partial charge is 0.214 e. The highest BCUT2D eigenvalue weighted by molar-refractivity contribution is 5.60. The maximum absolute atomic E-state index is 12.8. The largest absolute Gasteiger partial charge is 0.761 e. The number of hydrogen-bond acceptors (Lipinski definition) is 5. The van der Waals surface area contributed by atoms with Crippen molar-refractivity contribution in [3.63, 3.8) is 0 Å². The van der Waals surface area contributed by atoms with Crippen molar-refractivity contribution in [2.45, 2.75) is 0 Å². The first kappa shape index (κ1) is 10.3. The highest BCUT2D eigenvalue weighted by Gasteiger charge is 1.98. The highest BCUT2D eigenvalue weighted by Crippen LogP contribution is 2.17. The quantitative estimate of drug-likeness (QED) is 0.612. The van der Waals surface area contributed by atoms with E-state index in [9.17, 15) is 9.60 Å². The number of rotatable bonds is 3. The van der Waals surface area contributed by atoms with Gasteiger partial charge >= 0.3 is 0 Å². The van der Waals surface area contributed by atoms with Gasteiger partial charge in [-0.15, -0.1) is 0 Å². The van der Waals surface area contributed by atoms with Crippen LogP contribution in [0.15, 0.2) is 36.7 Å². The third-order valence-corrected chi connectivity index (χ3v) is 1.88. The van der Waals surface area contributed by atoms with E-state index in [4.69, 9.17) is 0 Å². The van der Waals surface area contributed by atoms with Gasteiger partial charge in [-0.05, 0) is 12.1 Å². The Morgan fingerprint density at radius 1 is 1.06 bits per heavy atom. The van der Waals surface area contributed by atoms with Gasteiger partial charge in [-0.1, -0.05) is 0 Å². The zero-order valence-electron chi connectivity index (χ0n) is 8.14. The van der Waals surface area contributed by atoms with Gasteiger partial charge in [-0.3, -0.25) is 0 Å². The molecule has 2 aromatic rings. The molecule has 0 unspecified atom stereocenters. The number of nitrogens with one attached hydrogen (secondary N) is 2. The minimum absolute atomic E-state index is 0.382. The Kier molecular flexibility index (Phi) is 2.93. The molecule has 82 valence electrons. The Balaban J connectivity index is 2.20. The minimum Gasteiger partial charge on any atom is -0.761 e.